The van der Waals surface area contributed by atoms with Gasteiger partial charge in [-0.1, -0.05) is 0 Å². The molecular weight excluding hydrogens is 262 g/mol. The van der Waals surface area contributed by atoms with Crippen LogP contribution in [-0.4, -0.2) is 28.6 Å². The van der Waals surface area contributed by atoms with Crippen molar-refractivity contribution < 1.29 is 8.42 Å². The fourth-order valence-corrected chi connectivity index (χ4v) is 2.98. The molecule has 1 saturated carbocycles. The fourth-order valence-electron chi connectivity index (χ4n) is 2.23. The third kappa shape index (κ3) is 2.84. The maximum absolute atomic E-state index is 11.8. The highest BCUT2D eigenvalue weighted by Gasteiger charge is 2.31. The first kappa shape index (κ1) is 14.1. The van der Waals surface area contributed by atoms with Gasteiger partial charge in [-0.05, 0) is 50.9 Å². The van der Waals surface area contributed by atoms with Crippen molar-refractivity contribution in [1.82, 2.24) is 4.72 Å². The fraction of sp³-hybridized carbons (Fsp3) is 0.538. The van der Waals surface area contributed by atoms with Gasteiger partial charge in [0, 0.05) is 13.1 Å². The van der Waals surface area contributed by atoms with Gasteiger partial charge >= 0.3 is 0 Å². The number of anilines is 2. The minimum atomic E-state index is -3.43. The molecule has 19 heavy (non-hydrogen) atoms. The van der Waals surface area contributed by atoms with E-state index in [1.54, 1.807) is 12.1 Å². The predicted octanol–water partition coefficient (Wildman–Crippen LogP) is 1.41. The van der Waals surface area contributed by atoms with Gasteiger partial charge in [-0.25, -0.2) is 13.1 Å². The van der Waals surface area contributed by atoms with Crippen LogP contribution in [0.2, 0.25) is 0 Å². The van der Waals surface area contributed by atoms with Crippen LogP contribution in [0.5, 0.6) is 0 Å². The first-order valence-corrected chi connectivity index (χ1v) is 7.91. The van der Waals surface area contributed by atoms with E-state index in [9.17, 15) is 8.42 Å². The third-order valence-electron chi connectivity index (χ3n) is 3.88. The van der Waals surface area contributed by atoms with Crippen molar-refractivity contribution >= 4 is 21.4 Å². The zero-order valence-electron chi connectivity index (χ0n) is 11.6. The Bertz CT molecular complexity index is 567. The minimum absolute atomic E-state index is 0.244. The molecule has 106 valence electrons. The normalized spacial score (nSPS) is 17.2. The van der Waals surface area contributed by atoms with Gasteiger partial charge in [-0.2, -0.15) is 0 Å². The van der Waals surface area contributed by atoms with Crippen LogP contribution in [0.3, 0.4) is 0 Å². The molecule has 1 aromatic rings. The summed E-state index contributed by atoms with van der Waals surface area (Å²) in [6.07, 6.45) is 2.47. The number of sulfonamides is 1. The van der Waals surface area contributed by atoms with Crippen molar-refractivity contribution in [2.45, 2.75) is 30.7 Å². The summed E-state index contributed by atoms with van der Waals surface area (Å²) >= 11 is 0. The summed E-state index contributed by atoms with van der Waals surface area (Å²) in [4.78, 5) is 2.32. The summed E-state index contributed by atoms with van der Waals surface area (Å²) in [5, 5.41) is 0. The molecule has 1 aliphatic rings. The second kappa shape index (κ2) is 5.02. The number of nitrogens with zero attached hydrogens (tertiary/aromatic N) is 1. The van der Waals surface area contributed by atoms with Crippen LogP contribution in [0.25, 0.3) is 0 Å². The number of nitrogens with two attached hydrogens (primary N) is 1. The predicted molar refractivity (Wildman–Crippen MR) is 77.7 cm³/mol. The van der Waals surface area contributed by atoms with Crippen LogP contribution in [0.1, 0.15) is 19.8 Å². The van der Waals surface area contributed by atoms with Crippen LogP contribution >= 0.6 is 0 Å². The molecule has 0 heterocycles. The van der Waals surface area contributed by atoms with Gasteiger partial charge in [0.15, 0.2) is 0 Å². The van der Waals surface area contributed by atoms with E-state index in [1.807, 2.05) is 7.05 Å². The Kier molecular flexibility index (Phi) is 3.73. The van der Waals surface area contributed by atoms with E-state index in [0.29, 0.717) is 17.6 Å². The van der Waals surface area contributed by atoms with Crippen LogP contribution in [0.15, 0.2) is 23.1 Å². The molecule has 1 aliphatic carbocycles. The van der Waals surface area contributed by atoms with Crippen LogP contribution in [0, 0.1) is 5.92 Å². The first-order chi connectivity index (χ1) is 8.86. The molecule has 1 fully saturated rings. The van der Waals surface area contributed by atoms with Gasteiger partial charge in [-0.3, -0.25) is 0 Å². The molecular formula is C13H21N3O2S. The van der Waals surface area contributed by atoms with E-state index >= 15 is 0 Å². The summed E-state index contributed by atoms with van der Waals surface area (Å²) in [6.45, 7) is 2.15. The highest BCUT2D eigenvalue weighted by Crippen LogP contribution is 2.38. The second-order valence-electron chi connectivity index (χ2n) is 5.12. The van der Waals surface area contributed by atoms with Gasteiger partial charge < -0.3 is 10.6 Å². The molecule has 0 amide bonds. The van der Waals surface area contributed by atoms with E-state index in [4.69, 9.17) is 5.73 Å². The van der Waals surface area contributed by atoms with Crippen molar-refractivity contribution in [3.63, 3.8) is 0 Å². The molecule has 3 N–H and O–H groups in total. The van der Waals surface area contributed by atoms with E-state index < -0.39 is 10.0 Å². The lowest BCUT2D eigenvalue weighted by Crippen LogP contribution is -2.31. The third-order valence-corrected chi connectivity index (χ3v) is 5.29. The summed E-state index contributed by atoms with van der Waals surface area (Å²) in [5.74, 6) is 0.689. The number of nitrogens with one attached hydrogen (secondary N) is 1. The maximum Gasteiger partial charge on any atom is 0.240 e. The van der Waals surface area contributed by atoms with E-state index in [-0.39, 0.29) is 4.90 Å². The molecule has 0 spiro atoms. The molecule has 1 aromatic carbocycles. The molecule has 0 radical (unpaired) electrons. The molecule has 6 heteroatoms. The molecule has 0 bridgehead atoms. The topological polar surface area (TPSA) is 75.4 Å². The number of rotatable bonds is 5. The maximum atomic E-state index is 11.8. The van der Waals surface area contributed by atoms with Crippen LogP contribution in [-0.2, 0) is 10.0 Å². The molecule has 2 rings (SSSR count). The largest absolute Gasteiger partial charge is 0.397 e. The van der Waals surface area contributed by atoms with Crippen LogP contribution < -0.4 is 15.4 Å². The standard InChI is InChI=1S/C13H21N3O2S/c1-9(10-4-5-10)16(3)13-8-11(6-7-12(13)14)19(17,18)15-2/h6-10,15H,4-5,14H2,1-3H3. The monoisotopic (exact) mass is 283 g/mol. The summed E-state index contributed by atoms with van der Waals surface area (Å²) in [6, 6.07) is 5.19. The second-order valence-corrected chi connectivity index (χ2v) is 7.00. The molecule has 0 saturated heterocycles. The van der Waals surface area contributed by atoms with E-state index in [0.717, 1.165) is 5.69 Å². The van der Waals surface area contributed by atoms with Crippen molar-refractivity contribution in [2.75, 3.05) is 24.7 Å². The Morgan fingerprint density at radius 3 is 2.58 bits per heavy atom. The average Bonchev–Trinajstić information content (AvgIpc) is 3.21. The van der Waals surface area contributed by atoms with E-state index in [1.165, 1.54) is 26.0 Å². The van der Waals surface area contributed by atoms with Gasteiger partial charge in [0.2, 0.25) is 10.0 Å². The molecule has 1 unspecified atom stereocenters. The van der Waals surface area contributed by atoms with Crippen molar-refractivity contribution in [3.8, 4) is 0 Å². The number of nitrogen functional groups attached to an aromatic ring is 1. The van der Waals surface area contributed by atoms with E-state index in [2.05, 4.69) is 16.5 Å². The van der Waals surface area contributed by atoms with Crippen LogP contribution in [0.4, 0.5) is 11.4 Å². The highest BCUT2D eigenvalue weighted by molar-refractivity contribution is 7.89. The summed E-state index contributed by atoms with van der Waals surface area (Å²) in [5.41, 5.74) is 7.35. The van der Waals surface area contributed by atoms with Crippen molar-refractivity contribution in [2.24, 2.45) is 5.92 Å². The summed E-state index contributed by atoms with van der Waals surface area (Å²) < 4.78 is 26.0. The SMILES string of the molecule is CNS(=O)(=O)c1ccc(N)c(N(C)C(C)C2CC2)c1. The molecule has 0 aromatic heterocycles. The Morgan fingerprint density at radius 2 is 2.05 bits per heavy atom. The zero-order valence-corrected chi connectivity index (χ0v) is 12.4. The van der Waals surface area contributed by atoms with Crippen molar-refractivity contribution in [1.29, 1.82) is 0 Å². The number of hydrogen-bond donors (Lipinski definition) is 2. The first-order valence-electron chi connectivity index (χ1n) is 6.42. The lowest BCUT2D eigenvalue weighted by atomic mass is 10.1. The molecule has 5 nitrogen and oxygen atoms in total. The van der Waals surface area contributed by atoms with Gasteiger partial charge in [-0.15, -0.1) is 0 Å². The lowest BCUT2D eigenvalue weighted by molar-refractivity contribution is 0.587. The quantitative estimate of drug-likeness (QED) is 0.801. The average molecular weight is 283 g/mol. The number of hydrogen-bond acceptors (Lipinski definition) is 4. The van der Waals surface area contributed by atoms with Gasteiger partial charge in [0.05, 0.1) is 16.3 Å². The smallest absolute Gasteiger partial charge is 0.240 e. The summed E-state index contributed by atoms with van der Waals surface area (Å²) in [7, 11) is -0.0661. The molecule has 0 aliphatic heterocycles. The molecule has 1 atom stereocenters. The van der Waals surface area contributed by atoms with Gasteiger partial charge in [0.1, 0.15) is 0 Å². The Hall–Kier alpha value is -1.27. The Balaban J connectivity index is 2.36. The Labute approximate surface area is 114 Å². The minimum Gasteiger partial charge on any atom is -0.397 e. The lowest BCUT2D eigenvalue weighted by Gasteiger charge is -2.28. The van der Waals surface area contributed by atoms with Crippen molar-refractivity contribution in [3.05, 3.63) is 18.2 Å². The zero-order chi connectivity index (χ0) is 14.2. The highest BCUT2D eigenvalue weighted by atomic mass is 32.2. The Morgan fingerprint density at radius 1 is 1.42 bits per heavy atom. The van der Waals surface area contributed by atoms with Gasteiger partial charge in [0.25, 0.3) is 0 Å². The number of benzene rings is 1.